The van der Waals surface area contributed by atoms with E-state index in [0.29, 0.717) is 5.56 Å². The van der Waals surface area contributed by atoms with Crippen LogP contribution in [0.5, 0.6) is 5.75 Å². The molecule has 0 saturated carbocycles. The van der Waals surface area contributed by atoms with E-state index in [0.717, 1.165) is 30.1 Å². The predicted molar refractivity (Wildman–Crippen MR) is 97.5 cm³/mol. The molecule has 2 aromatic rings. The van der Waals surface area contributed by atoms with Gasteiger partial charge in [-0.05, 0) is 55.7 Å². The van der Waals surface area contributed by atoms with Crippen molar-refractivity contribution in [1.82, 2.24) is 0 Å². The van der Waals surface area contributed by atoms with Gasteiger partial charge in [-0.15, -0.1) is 0 Å². The second kappa shape index (κ2) is 7.65. The molecule has 0 radical (unpaired) electrons. The average Bonchev–Trinajstić information content (AvgIpc) is 2.67. The summed E-state index contributed by atoms with van der Waals surface area (Å²) < 4.78 is 5.54. The fourth-order valence-electron chi connectivity index (χ4n) is 2.92. The lowest BCUT2D eigenvalue weighted by Crippen LogP contribution is -2.29. The number of hydrogen-bond donors (Lipinski definition) is 0. The Hall–Kier alpha value is -2.80. The largest absolute Gasteiger partial charge is 0.496 e. The van der Waals surface area contributed by atoms with Crippen molar-refractivity contribution in [3.63, 3.8) is 0 Å². The maximum Gasteiger partial charge on any atom is 0.129 e. The Morgan fingerprint density at radius 2 is 1.83 bits per heavy atom. The van der Waals surface area contributed by atoms with Crippen LogP contribution < -0.4 is 9.64 Å². The van der Waals surface area contributed by atoms with Gasteiger partial charge in [0.05, 0.1) is 24.4 Å². The van der Waals surface area contributed by atoms with E-state index < -0.39 is 0 Å². The van der Waals surface area contributed by atoms with Gasteiger partial charge in [0.1, 0.15) is 5.75 Å². The number of piperidine rings is 1. The van der Waals surface area contributed by atoms with Crippen LogP contribution in [0.4, 0.5) is 11.4 Å². The predicted octanol–water partition coefficient (Wildman–Crippen LogP) is 4.31. The molecule has 0 spiro atoms. The maximum absolute atomic E-state index is 8.83. The van der Waals surface area contributed by atoms with Crippen LogP contribution in [0.15, 0.2) is 47.5 Å². The molecule has 0 atom stereocenters. The van der Waals surface area contributed by atoms with Crippen molar-refractivity contribution >= 4 is 17.6 Å². The molecule has 0 N–H and O–H groups in total. The Morgan fingerprint density at radius 3 is 2.50 bits per heavy atom. The van der Waals surface area contributed by atoms with Crippen molar-refractivity contribution in [3.05, 3.63) is 53.6 Å². The smallest absolute Gasteiger partial charge is 0.129 e. The molecule has 4 nitrogen and oxygen atoms in total. The molecule has 1 aliphatic rings. The van der Waals surface area contributed by atoms with Gasteiger partial charge in [0.15, 0.2) is 0 Å². The zero-order valence-electron chi connectivity index (χ0n) is 13.9. The van der Waals surface area contributed by atoms with Crippen LogP contribution in [0.1, 0.15) is 30.4 Å². The molecule has 1 fully saturated rings. The third-order valence-corrected chi connectivity index (χ3v) is 4.29. The SMILES string of the molecule is COc1cc(N2CCCCC2)ccc1C=Nc1ccc(C#N)cc1. The Morgan fingerprint density at radius 1 is 1.08 bits per heavy atom. The summed E-state index contributed by atoms with van der Waals surface area (Å²) in [6.45, 7) is 2.23. The van der Waals surface area contributed by atoms with Gasteiger partial charge in [0.25, 0.3) is 0 Å². The highest BCUT2D eigenvalue weighted by Gasteiger charge is 2.12. The lowest BCUT2D eigenvalue weighted by atomic mass is 10.1. The van der Waals surface area contributed by atoms with Crippen molar-refractivity contribution in [2.24, 2.45) is 4.99 Å². The van der Waals surface area contributed by atoms with Crippen LogP contribution in [0, 0.1) is 11.3 Å². The van der Waals surface area contributed by atoms with Gasteiger partial charge >= 0.3 is 0 Å². The fourth-order valence-corrected chi connectivity index (χ4v) is 2.92. The molecule has 0 unspecified atom stereocenters. The molecule has 4 heteroatoms. The monoisotopic (exact) mass is 319 g/mol. The summed E-state index contributed by atoms with van der Waals surface area (Å²) in [4.78, 5) is 6.88. The van der Waals surface area contributed by atoms with Gasteiger partial charge in [0.2, 0.25) is 0 Å². The summed E-state index contributed by atoms with van der Waals surface area (Å²) in [5, 5.41) is 8.83. The third-order valence-electron chi connectivity index (χ3n) is 4.29. The summed E-state index contributed by atoms with van der Waals surface area (Å²) >= 11 is 0. The van der Waals surface area contributed by atoms with Crippen LogP contribution in [0.2, 0.25) is 0 Å². The van der Waals surface area contributed by atoms with E-state index in [1.165, 1.54) is 24.9 Å². The van der Waals surface area contributed by atoms with Crippen molar-refractivity contribution in [1.29, 1.82) is 5.26 Å². The molecule has 122 valence electrons. The number of nitriles is 1. The van der Waals surface area contributed by atoms with Crippen LogP contribution in [-0.2, 0) is 0 Å². The summed E-state index contributed by atoms with van der Waals surface area (Å²) in [5.74, 6) is 0.829. The van der Waals surface area contributed by atoms with E-state index in [1.807, 2.05) is 12.1 Å². The first-order valence-corrected chi connectivity index (χ1v) is 8.27. The number of anilines is 1. The summed E-state index contributed by atoms with van der Waals surface area (Å²) in [7, 11) is 1.69. The molecule has 2 aromatic carbocycles. The Bertz CT molecular complexity index is 753. The van der Waals surface area contributed by atoms with E-state index in [-0.39, 0.29) is 0 Å². The fraction of sp³-hybridized carbons (Fsp3) is 0.300. The first-order chi connectivity index (χ1) is 11.8. The third kappa shape index (κ3) is 3.75. The number of nitrogens with zero attached hydrogens (tertiary/aromatic N) is 3. The minimum Gasteiger partial charge on any atom is -0.496 e. The van der Waals surface area contributed by atoms with Crippen molar-refractivity contribution in [3.8, 4) is 11.8 Å². The van der Waals surface area contributed by atoms with E-state index in [1.54, 1.807) is 25.5 Å². The van der Waals surface area contributed by atoms with Crippen molar-refractivity contribution in [2.45, 2.75) is 19.3 Å². The highest BCUT2D eigenvalue weighted by Crippen LogP contribution is 2.27. The summed E-state index contributed by atoms with van der Waals surface area (Å²) in [5.41, 5.74) is 3.61. The van der Waals surface area contributed by atoms with Crippen LogP contribution in [-0.4, -0.2) is 26.4 Å². The molecule has 0 bridgehead atoms. The van der Waals surface area contributed by atoms with Crippen molar-refractivity contribution < 1.29 is 4.74 Å². The molecule has 0 aromatic heterocycles. The minimum atomic E-state index is 0.636. The number of rotatable bonds is 4. The normalized spacial score (nSPS) is 14.6. The number of ether oxygens (including phenoxy) is 1. The standard InChI is InChI=1S/C20H21N3O/c1-24-20-13-19(23-11-3-2-4-12-23)10-7-17(20)15-22-18-8-5-16(14-21)6-9-18/h5-10,13,15H,2-4,11-12H2,1H3. The van der Waals surface area contributed by atoms with E-state index in [2.05, 4.69) is 34.2 Å². The van der Waals surface area contributed by atoms with Crippen LogP contribution >= 0.6 is 0 Å². The second-order valence-electron chi connectivity index (χ2n) is 5.89. The van der Waals surface area contributed by atoms with Gasteiger partial charge in [-0.1, -0.05) is 0 Å². The van der Waals surface area contributed by atoms with Gasteiger partial charge in [-0.2, -0.15) is 5.26 Å². The number of benzene rings is 2. The Labute approximate surface area is 143 Å². The van der Waals surface area contributed by atoms with E-state index in [9.17, 15) is 0 Å². The van der Waals surface area contributed by atoms with Crippen LogP contribution in [0.25, 0.3) is 0 Å². The lowest BCUT2D eigenvalue weighted by Gasteiger charge is -2.29. The molecule has 1 saturated heterocycles. The van der Waals surface area contributed by atoms with Crippen molar-refractivity contribution in [2.75, 3.05) is 25.1 Å². The molecular formula is C20H21N3O. The molecule has 3 rings (SSSR count). The Kier molecular flexibility index (Phi) is 5.12. The van der Waals surface area contributed by atoms with Gasteiger partial charge < -0.3 is 9.64 Å². The number of hydrogen-bond acceptors (Lipinski definition) is 4. The van der Waals surface area contributed by atoms with Gasteiger partial charge in [0, 0.05) is 36.6 Å². The quantitative estimate of drug-likeness (QED) is 0.789. The van der Waals surface area contributed by atoms with Crippen LogP contribution in [0.3, 0.4) is 0 Å². The average molecular weight is 319 g/mol. The minimum absolute atomic E-state index is 0.636. The zero-order valence-corrected chi connectivity index (χ0v) is 13.9. The highest BCUT2D eigenvalue weighted by atomic mass is 16.5. The summed E-state index contributed by atoms with van der Waals surface area (Å²) in [6.07, 6.45) is 5.64. The summed E-state index contributed by atoms with van der Waals surface area (Å²) in [6, 6.07) is 15.6. The first kappa shape index (κ1) is 16.1. The topological polar surface area (TPSA) is 48.6 Å². The highest BCUT2D eigenvalue weighted by molar-refractivity contribution is 5.86. The molecular weight excluding hydrogens is 298 g/mol. The Balaban J connectivity index is 1.79. The number of aliphatic imine (C=N–C) groups is 1. The maximum atomic E-state index is 8.83. The molecule has 0 amide bonds. The zero-order chi connectivity index (χ0) is 16.8. The number of methoxy groups -OCH3 is 1. The first-order valence-electron chi connectivity index (χ1n) is 8.27. The van der Waals surface area contributed by atoms with E-state index in [4.69, 9.17) is 10.00 Å². The molecule has 1 heterocycles. The molecule has 0 aliphatic carbocycles. The molecule has 24 heavy (non-hydrogen) atoms. The van der Waals surface area contributed by atoms with E-state index >= 15 is 0 Å². The molecule has 1 aliphatic heterocycles. The lowest BCUT2D eigenvalue weighted by molar-refractivity contribution is 0.414. The van der Waals surface area contributed by atoms with Gasteiger partial charge in [-0.25, -0.2) is 0 Å². The second-order valence-corrected chi connectivity index (χ2v) is 5.89. The van der Waals surface area contributed by atoms with Gasteiger partial charge in [-0.3, -0.25) is 4.99 Å².